The lowest BCUT2D eigenvalue weighted by Crippen LogP contribution is -2.30. The number of ether oxygens (including phenoxy) is 2. The summed E-state index contributed by atoms with van der Waals surface area (Å²) in [6.45, 7) is 7.20. The van der Waals surface area contributed by atoms with Gasteiger partial charge in [0.05, 0.1) is 9.79 Å². The fourth-order valence-electron chi connectivity index (χ4n) is 3.70. The van der Waals surface area contributed by atoms with Gasteiger partial charge < -0.3 is 9.47 Å². The summed E-state index contributed by atoms with van der Waals surface area (Å²) < 4.78 is 62.6. The maximum absolute atomic E-state index is 12.5. The molecule has 0 aromatic heterocycles. The Bertz CT molecular complexity index is 1380. The van der Waals surface area contributed by atoms with Crippen LogP contribution in [0.5, 0.6) is 0 Å². The minimum atomic E-state index is -3.59. The molecule has 0 aliphatic carbocycles. The van der Waals surface area contributed by atoms with Crippen LogP contribution in [0.2, 0.25) is 0 Å². The van der Waals surface area contributed by atoms with Gasteiger partial charge in [-0.15, -0.1) is 0 Å². The first-order valence-corrected chi connectivity index (χ1v) is 16.2. The summed E-state index contributed by atoms with van der Waals surface area (Å²) in [4.78, 5) is 36.1. The number of carbonyl (C=O) groups excluding carboxylic acids is 3. The van der Waals surface area contributed by atoms with Crippen LogP contribution in [0.3, 0.4) is 0 Å². The molecule has 0 N–H and O–H groups in total. The Kier molecular flexibility index (Phi) is 13.3. The summed E-state index contributed by atoms with van der Waals surface area (Å²) >= 11 is 0. The normalized spacial score (nSPS) is 12.3. The molecule has 0 heterocycles. The van der Waals surface area contributed by atoms with Gasteiger partial charge in [-0.05, 0) is 47.5 Å². The molecule has 0 saturated carbocycles. The van der Waals surface area contributed by atoms with E-state index in [9.17, 15) is 31.2 Å². The lowest BCUT2D eigenvalue weighted by atomic mass is 10.2. The van der Waals surface area contributed by atoms with Crippen LogP contribution in [0, 0.1) is 0 Å². The summed E-state index contributed by atoms with van der Waals surface area (Å²) in [5.74, 6) is -2.25. The Morgan fingerprint density at radius 1 is 0.595 bits per heavy atom. The SMILES string of the molecule is CCN(CC)S(=O)(=O)c1ccc(/C=C/C(=O)OCC(=O)COC(=O)/C=C/c2ccc(S(=O)(=O)N(CC)CC)cc2)cc1. The van der Waals surface area contributed by atoms with Crippen LogP contribution in [0.4, 0.5) is 0 Å². The Morgan fingerprint density at radius 2 is 0.905 bits per heavy atom. The number of nitrogens with zero attached hydrogens (tertiary/aromatic N) is 2. The Labute approximate surface area is 247 Å². The molecule has 11 nitrogen and oxygen atoms in total. The van der Waals surface area contributed by atoms with Gasteiger partial charge in [0, 0.05) is 38.3 Å². The second kappa shape index (κ2) is 16.1. The molecule has 0 radical (unpaired) electrons. The van der Waals surface area contributed by atoms with E-state index in [1.54, 1.807) is 52.0 Å². The number of carbonyl (C=O) groups is 3. The zero-order valence-corrected chi connectivity index (χ0v) is 25.7. The zero-order valence-electron chi connectivity index (χ0n) is 24.1. The van der Waals surface area contributed by atoms with Crippen LogP contribution >= 0.6 is 0 Å². The molecule has 42 heavy (non-hydrogen) atoms. The summed E-state index contributed by atoms with van der Waals surface area (Å²) in [6.07, 6.45) is 5.01. The van der Waals surface area contributed by atoms with Crippen molar-refractivity contribution < 1.29 is 40.7 Å². The zero-order chi connectivity index (χ0) is 31.3. The highest BCUT2D eigenvalue weighted by Gasteiger charge is 2.22. The lowest BCUT2D eigenvalue weighted by molar-refractivity contribution is -0.148. The van der Waals surface area contributed by atoms with Crippen molar-refractivity contribution in [2.24, 2.45) is 0 Å². The van der Waals surface area contributed by atoms with E-state index in [0.717, 1.165) is 12.2 Å². The number of hydrogen-bond donors (Lipinski definition) is 0. The number of rotatable bonds is 16. The highest BCUT2D eigenvalue weighted by molar-refractivity contribution is 7.89. The van der Waals surface area contributed by atoms with Crippen molar-refractivity contribution in [1.29, 1.82) is 0 Å². The molecule has 13 heteroatoms. The van der Waals surface area contributed by atoms with E-state index in [-0.39, 0.29) is 9.79 Å². The highest BCUT2D eigenvalue weighted by atomic mass is 32.2. The van der Waals surface area contributed by atoms with Gasteiger partial charge in [0.1, 0.15) is 0 Å². The average molecular weight is 621 g/mol. The predicted octanol–water partition coefficient (Wildman–Crippen LogP) is 3.13. The molecule has 0 spiro atoms. The third-order valence-electron chi connectivity index (χ3n) is 6.02. The number of sulfonamides is 2. The first-order chi connectivity index (χ1) is 19.9. The first kappa shape index (κ1) is 34.6. The Hall–Kier alpha value is -3.65. The first-order valence-electron chi connectivity index (χ1n) is 13.3. The van der Waals surface area contributed by atoms with Gasteiger partial charge in [0.25, 0.3) is 0 Å². The molecule has 2 aromatic carbocycles. The molecule has 2 aromatic rings. The Balaban J connectivity index is 1.80. The number of esters is 2. The van der Waals surface area contributed by atoms with E-state index < -0.39 is 51.0 Å². The molecule has 0 unspecified atom stereocenters. The summed E-state index contributed by atoms with van der Waals surface area (Å²) in [5, 5.41) is 0. The van der Waals surface area contributed by atoms with Crippen molar-refractivity contribution in [2.75, 3.05) is 39.4 Å². The molecule has 0 amide bonds. The molecule has 0 fully saturated rings. The molecule has 0 atom stereocenters. The van der Waals surface area contributed by atoms with E-state index in [2.05, 4.69) is 0 Å². The van der Waals surface area contributed by atoms with Gasteiger partial charge in [-0.3, -0.25) is 4.79 Å². The van der Waals surface area contributed by atoms with Crippen molar-refractivity contribution in [3.8, 4) is 0 Å². The highest BCUT2D eigenvalue weighted by Crippen LogP contribution is 2.18. The largest absolute Gasteiger partial charge is 0.454 e. The van der Waals surface area contributed by atoms with Gasteiger partial charge in [-0.25, -0.2) is 26.4 Å². The van der Waals surface area contributed by atoms with E-state index in [1.807, 2.05) is 0 Å². The van der Waals surface area contributed by atoms with Gasteiger partial charge >= 0.3 is 11.9 Å². The second-order valence-corrected chi connectivity index (χ2v) is 12.6. The topological polar surface area (TPSA) is 144 Å². The third kappa shape index (κ3) is 9.72. The van der Waals surface area contributed by atoms with Crippen molar-refractivity contribution in [3.05, 3.63) is 71.8 Å². The number of ketones is 1. The average Bonchev–Trinajstić information content (AvgIpc) is 2.98. The standard InChI is InChI=1S/C29H36N2O9S2/c1-5-30(6-2)41(35,36)26-15-9-23(10-16-26)13-19-28(33)39-21-25(32)22-40-29(34)20-14-24-11-17-27(18-12-24)42(37,38)31(7-3)8-4/h9-20H,5-8,21-22H2,1-4H3/b19-13+,20-14+. The maximum Gasteiger partial charge on any atom is 0.331 e. The van der Waals surface area contributed by atoms with Crippen LogP contribution in [0.25, 0.3) is 12.2 Å². The molecule has 0 aliphatic rings. The fraction of sp³-hybridized carbons (Fsp3) is 0.345. The van der Waals surface area contributed by atoms with E-state index in [4.69, 9.17) is 9.47 Å². The molecule has 228 valence electrons. The predicted molar refractivity (Wildman–Crippen MR) is 158 cm³/mol. The van der Waals surface area contributed by atoms with Crippen molar-refractivity contribution in [3.63, 3.8) is 0 Å². The van der Waals surface area contributed by atoms with Crippen molar-refractivity contribution in [1.82, 2.24) is 8.61 Å². The van der Waals surface area contributed by atoms with Gasteiger partial charge in [0.15, 0.2) is 13.2 Å². The number of benzene rings is 2. The van der Waals surface area contributed by atoms with Gasteiger partial charge in [-0.1, -0.05) is 52.0 Å². The third-order valence-corrected chi connectivity index (χ3v) is 10.1. The number of Topliss-reactive ketones (excluding diaryl/α,β-unsaturated/α-hetero) is 1. The Morgan fingerprint density at radius 3 is 1.19 bits per heavy atom. The van der Waals surface area contributed by atoms with Gasteiger partial charge in [0.2, 0.25) is 25.8 Å². The van der Waals surface area contributed by atoms with Crippen LogP contribution in [0.15, 0.2) is 70.5 Å². The quantitative estimate of drug-likeness (QED) is 0.204. The molecule has 0 aliphatic heterocycles. The van der Waals surface area contributed by atoms with Crippen molar-refractivity contribution in [2.45, 2.75) is 37.5 Å². The molecule has 2 rings (SSSR count). The minimum Gasteiger partial charge on any atom is -0.454 e. The van der Waals surface area contributed by atoms with Crippen LogP contribution in [-0.2, 0) is 43.9 Å². The van der Waals surface area contributed by atoms with E-state index >= 15 is 0 Å². The smallest absolute Gasteiger partial charge is 0.331 e. The second-order valence-electron chi connectivity index (χ2n) is 8.74. The van der Waals surface area contributed by atoms with Crippen molar-refractivity contribution >= 4 is 49.9 Å². The molecular weight excluding hydrogens is 584 g/mol. The molecule has 0 bridgehead atoms. The van der Waals surface area contributed by atoms with Gasteiger partial charge in [-0.2, -0.15) is 8.61 Å². The summed E-state index contributed by atoms with van der Waals surface area (Å²) in [7, 11) is -7.18. The monoisotopic (exact) mass is 620 g/mol. The minimum absolute atomic E-state index is 0.139. The molecule has 0 saturated heterocycles. The number of hydrogen-bond acceptors (Lipinski definition) is 9. The van der Waals surface area contributed by atoms with E-state index in [1.165, 1.54) is 45.0 Å². The van der Waals surface area contributed by atoms with Crippen LogP contribution in [-0.4, -0.2) is 82.6 Å². The molecular formula is C29H36N2O9S2. The maximum atomic E-state index is 12.5. The summed E-state index contributed by atoms with van der Waals surface area (Å²) in [5.41, 5.74) is 1.11. The lowest BCUT2D eigenvalue weighted by Gasteiger charge is -2.18. The van der Waals surface area contributed by atoms with Crippen LogP contribution in [0.1, 0.15) is 38.8 Å². The van der Waals surface area contributed by atoms with Crippen LogP contribution < -0.4 is 0 Å². The van der Waals surface area contributed by atoms with E-state index in [0.29, 0.717) is 37.3 Å². The summed E-state index contributed by atoms with van der Waals surface area (Å²) in [6, 6.07) is 11.9. The fourth-order valence-corrected chi connectivity index (χ4v) is 6.61.